The molecule has 0 spiro atoms. The molecule has 0 fully saturated rings. The van der Waals surface area contributed by atoms with Crippen molar-refractivity contribution < 1.29 is 9.47 Å². The smallest absolute Gasteiger partial charge is 0.133 e. The number of aryl methyl sites for hydroxylation is 1. The Balaban J connectivity index is 2.24. The molecule has 94 valence electrons. The molecule has 2 aromatic rings. The fraction of sp³-hybridized carbons (Fsp3) is 0.200. The fourth-order valence-electron chi connectivity index (χ4n) is 1.74. The summed E-state index contributed by atoms with van der Waals surface area (Å²) in [5.74, 6) is 2.18. The standard InChI is InChI=1S/C15H17NO2/c1-3-11-5-4-6-13(7-11)18-15-9-12(16)8-14(10-15)17-2/h4-10H,3,16H2,1-2H3. The van der Waals surface area contributed by atoms with E-state index in [-0.39, 0.29) is 0 Å². The molecule has 3 nitrogen and oxygen atoms in total. The molecule has 0 heterocycles. The quantitative estimate of drug-likeness (QED) is 0.834. The van der Waals surface area contributed by atoms with Crippen LogP contribution in [0.25, 0.3) is 0 Å². The summed E-state index contributed by atoms with van der Waals surface area (Å²) < 4.78 is 10.9. The number of methoxy groups -OCH3 is 1. The maximum Gasteiger partial charge on any atom is 0.133 e. The third-order valence-corrected chi connectivity index (χ3v) is 2.68. The molecule has 0 atom stereocenters. The van der Waals surface area contributed by atoms with Crippen LogP contribution in [-0.2, 0) is 6.42 Å². The lowest BCUT2D eigenvalue weighted by Gasteiger charge is -2.09. The van der Waals surface area contributed by atoms with Gasteiger partial charge >= 0.3 is 0 Å². The minimum atomic E-state index is 0.621. The van der Waals surface area contributed by atoms with E-state index >= 15 is 0 Å². The Hall–Kier alpha value is -2.16. The van der Waals surface area contributed by atoms with Crippen LogP contribution in [0.3, 0.4) is 0 Å². The van der Waals surface area contributed by atoms with E-state index in [1.165, 1.54) is 5.56 Å². The van der Waals surface area contributed by atoms with Crippen LogP contribution in [-0.4, -0.2) is 7.11 Å². The number of ether oxygens (including phenoxy) is 2. The van der Waals surface area contributed by atoms with Gasteiger partial charge in [0.2, 0.25) is 0 Å². The van der Waals surface area contributed by atoms with E-state index in [2.05, 4.69) is 13.0 Å². The molecular weight excluding hydrogens is 226 g/mol. The molecule has 2 rings (SSSR count). The highest BCUT2D eigenvalue weighted by Gasteiger charge is 2.02. The maximum atomic E-state index is 5.78. The first-order chi connectivity index (χ1) is 8.71. The SMILES string of the molecule is CCc1cccc(Oc2cc(N)cc(OC)c2)c1. The second kappa shape index (κ2) is 5.45. The summed E-state index contributed by atoms with van der Waals surface area (Å²) in [7, 11) is 1.61. The molecular formula is C15H17NO2. The highest BCUT2D eigenvalue weighted by molar-refractivity contribution is 5.51. The Morgan fingerprint density at radius 3 is 2.50 bits per heavy atom. The number of nitrogen functional groups attached to an aromatic ring is 1. The van der Waals surface area contributed by atoms with Gasteiger partial charge in [-0.3, -0.25) is 0 Å². The summed E-state index contributed by atoms with van der Waals surface area (Å²) in [4.78, 5) is 0. The van der Waals surface area contributed by atoms with Crippen molar-refractivity contribution in [1.82, 2.24) is 0 Å². The summed E-state index contributed by atoms with van der Waals surface area (Å²) in [6.07, 6.45) is 0.984. The highest BCUT2D eigenvalue weighted by atomic mass is 16.5. The Morgan fingerprint density at radius 2 is 1.78 bits per heavy atom. The molecule has 0 aromatic heterocycles. The van der Waals surface area contributed by atoms with Gasteiger partial charge in [-0.2, -0.15) is 0 Å². The van der Waals surface area contributed by atoms with E-state index in [1.54, 1.807) is 19.2 Å². The molecule has 2 N–H and O–H groups in total. The lowest BCUT2D eigenvalue weighted by atomic mass is 10.2. The van der Waals surface area contributed by atoms with E-state index in [4.69, 9.17) is 15.2 Å². The Bertz CT molecular complexity index is 538. The number of nitrogens with two attached hydrogens (primary N) is 1. The van der Waals surface area contributed by atoms with Crippen molar-refractivity contribution in [2.24, 2.45) is 0 Å². The summed E-state index contributed by atoms with van der Waals surface area (Å²) in [6, 6.07) is 13.4. The van der Waals surface area contributed by atoms with Gasteiger partial charge in [0.25, 0.3) is 0 Å². The molecule has 0 aliphatic rings. The first-order valence-corrected chi connectivity index (χ1v) is 5.92. The zero-order valence-electron chi connectivity index (χ0n) is 10.6. The van der Waals surface area contributed by atoms with Gasteiger partial charge in [-0.05, 0) is 24.1 Å². The highest BCUT2D eigenvalue weighted by Crippen LogP contribution is 2.28. The van der Waals surface area contributed by atoms with E-state index < -0.39 is 0 Å². The third-order valence-electron chi connectivity index (χ3n) is 2.68. The number of hydrogen-bond acceptors (Lipinski definition) is 3. The van der Waals surface area contributed by atoms with Crippen molar-refractivity contribution in [2.75, 3.05) is 12.8 Å². The molecule has 0 saturated heterocycles. The van der Waals surface area contributed by atoms with Crippen LogP contribution in [0.1, 0.15) is 12.5 Å². The van der Waals surface area contributed by atoms with Crippen molar-refractivity contribution in [3.05, 3.63) is 48.0 Å². The number of anilines is 1. The average Bonchev–Trinajstić information content (AvgIpc) is 2.38. The van der Waals surface area contributed by atoms with Gasteiger partial charge < -0.3 is 15.2 Å². The van der Waals surface area contributed by atoms with Gasteiger partial charge in [0.1, 0.15) is 17.2 Å². The van der Waals surface area contributed by atoms with Crippen LogP contribution >= 0.6 is 0 Å². The molecule has 18 heavy (non-hydrogen) atoms. The van der Waals surface area contributed by atoms with Crippen LogP contribution in [0.15, 0.2) is 42.5 Å². The van der Waals surface area contributed by atoms with Gasteiger partial charge in [0.15, 0.2) is 0 Å². The Labute approximate surface area is 107 Å². The van der Waals surface area contributed by atoms with Crippen LogP contribution in [0.5, 0.6) is 17.2 Å². The zero-order chi connectivity index (χ0) is 13.0. The summed E-state index contributed by atoms with van der Waals surface area (Å²) in [6.45, 7) is 2.11. The Kier molecular flexibility index (Phi) is 3.72. The van der Waals surface area contributed by atoms with Crippen molar-refractivity contribution in [3.63, 3.8) is 0 Å². The van der Waals surface area contributed by atoms with Crippen LogP contribution in [0.2, 0.25) is 0 Å². The van der Waals surface area contributed by atoms with Crippen LogP contribution in [0, 0.1) is 0 Å². The van der Waals surface area contributed by atoms with Gasteiger partial charge in [0, 0.05) is 23.9 Å². The van der Waals surface area contributed by atoms with Gasteiger partial charge in [0.05, 0.1) is 7.11 Å². The first-order valence-electron chi connectivity index (χ1n) is 5.92. The van der Waals surface area contributed by atoms with Crippen LogP contribution in [0.4, 0.5) is 5.69 Å². The van der Waals surface area contributed by atoms with E-state index in [0.29, 0.717) is 17.2 Å². The molecule has 0 aliphatic carbocycles. The van der Waals surface area contributed by atoms with Crippen molar-refractivity contribution >= 4 is 5.69 Å². The number of benzene rings is 2. The molecule has 0 saturated carbocycles. The zero-order valence-corrected chi connectivity index (χ0v) is 10.6. The largest absolute Gasteiger partial charge is 0.497 e. The minimum Gasteiger partial charge on any atom is -0.497 e. The topological polar surface area (TPSA) is 44.5 Å². The third kappa shape index (κ3) is 2.94. The second-order valence-corrected chi connectivity index (χ2v) is 4.04. The molecule has 0 bridgehead atoms. The van der Waals surface area contributed by atoms with Crippen molar-refractivity contribution in [3.8, 4) is 17.2 Å². The van der Waals surface area contributed by atoms with Crippen molar-refractivity contribution in [2.45, 2.75) is 13.3 Å². The predicted molar refractivity (Wildman–Crippen MR) is 73.3 cm³/mol. The number of hydrogen-bond donors (Lipinski definition) is 1. The number of rotatable bonds is 4. The molecule has 0 unspecified atom stereocenters. The van der Waals surface area contributed by atoms with Gasteiger partial charge in [-0.15, -0.1) is 0 Å². The molecule has 3 heteroatoms. The monoisotopic (exact) mass is 243 g/mol. The first kappa shape index (κ1) is 12.3. The van der Waals surface area contributed by atoms with Crippen molar-refractivity contribution in [1.29, 1.82) is 0 Å². The van der Waals surface area contributed by atoms with E-state index in [0.717, 1.165) is 12.2 Å². The van der Waals surface area contributed by atoms with Gasteiger partial charge in [-0.25, -0.2) is 0 Å². The van der Waals surface area contributed by atoms with Gasteiger partial charge in [-0.1, -0.05) is 19.1 Å². The fourth-order valence-corrected chi connectivity index (χ4v) is 1.74. The summed E-state index contributed by atoms with van der Waals surface area (Å²) >= 11 is 0. The lowest BCUT2D eigenvalue weighted by molar-refractivity contribution is 0.409. The summed E-state index contributed by atoms with van der Waals surface area (Å²) in [5, 5.41) is 0. The van der Waals surface area contributed by atoms with E-state index in [9.17, 15) is 0 Å². The van der Waals surface area contributed by atoms with E-state index in [1.807, 2.05) is 24.3 Å². The minimum absolute atomic E-state index is 0.621. The molecule has 2 aromatic carbocycles. The molecule has 0 radical (unpaired) electrons. The predicted octanol–water partition coefficient (Wildman–Crippen LogP) is 3.63. The van der Waals surface area contributed by atoms with Crippen LogP contribution < -0.4 is 15.2 Å². The Morgan fingerprint density at radius 1 is 1.00 bits per heavy atom. The summed E-state index contributed by atoms with van der Waals surface area (Å²) in [5.41, 5.74) is 7.65. The molecule has 0 amide bonds. The molecule has 0 aliphatic heterocycles. The average molecular weight is 243 g/mol. The normalized spacial score (nSPS) is 10.1. The maximum absolute atomic E-state index is 5.78. The lowest BCUT2D eigenvalue weighted by Crippen LogP contribution is -1.91. The second-order valence-electron chi connectivity index (χ2n) is 4.04.